The van der Waals surface area contributed by atoms with Crippen molar-refractivity contribution in [3.05, 3.63) is 24.0 Å². The van der Waals surface area contributed by atoms with Crippen LogP contribution in [0.4, 0.5) is 0 Å². The highest BCUT2D eigenvalue weighted by molar-refractivity contribution is 5.09. The van der Waals surface area contributed by atoms with Crippen LogP contribution in [0.3, 0.4) is 0 Å². The van der Waals surface area contributed by atoms with Gasteiger partial charge in [-0.25, -0.2) is 0 Å². The molecule has 1 aromatic rings. The maximum atomic E-state index is 3.57. The average molecular weight is 236 g/mol. The molecule has 1 heterocycles. The summed E-state index contributed by atoms with van der Waals surface area (Å²) in [5, 5.41) is 3.57. The first-order valence-corrected chi connectivity index (χ1v) is 6.81. The monoisotopic (exact) mass is 236 g/mol. The minimum atomic E-state index is 0.367. The molecule has 0 bridgehead atoms. The minimum absolute atomic E-state index is 0.367. The molecule has 1 aromatic heterocycles. The van der Waals surface area contributed by atoms with Crippen molar-refractivity contribution >= 4 is 0 Å². The van der Waals surface area contributed by atoms with E-state index in [1.807, 2.05) is 0 Å². The normalized spacial score (nSPS) is 12.4. The first-order valence-electron chi connectivity index (χ1n) is 6.81. The van der Waals surface area contributed by atoms with Crippen LogP contribution in [0, 0.1) is 11.3 Å². The maximum Gasteiger partial charge on any atom is 0.0220 e. The van der Waals surface area contributed by atoms with Crippen LogP contribution in [0.25, 0.3) is 0 Å². The van der Waals surface area contributed by atoms with Crippen LogP contribution in [-0.2, 0) is 13.1 Å². The van der Waals surface area contributed by atoms with Crippen LogP contribution in [-0.4, -0.2) is 11.1 Å². The van der Waals surface area contributed by atoms with Crippen molar-refractivity contribution in [2.24, 2.45) is 11.3 Å². The Balaban J connectivity index is 2.35. The van der Waals surface area contributed by atoms with Gasteiger partial charge < -0.3 is 9.88 Å². The second kappa shape index (κ2) is 6.25. The lowest BCUT2D eigenvalue weighted by Gasteiger charge is -2.29. The van der Waals surface area contributed by atoms with Gasteiger partial charge in [0.15, 0.2) is 0 Å². The fraction of sp³-hybridized carbons (Fsp3) is 0.733. The van der Waals surface area contributed by atoms with Gasteiger partial charge in [0.2, 0.25) is 0 Å². The number of nitrogens with zero attached hydrogens (tertiary/aromatic N) is 1. The van der Waals surface area contributed by atoms with Gasteiger partial charge in [-0.1, -0.05) is 34.6 Å². The standard InChI is InChI=1S/C15H28N2/c1-6-8-17-9-7-14(11-17)10-16-12-15(4,5)13(2)3/h7,9,11,13,16H,6,8,10,12H2,1-5H3. The topological polar surface area (TPSA) is 17.0 Å². The predicted octanol–water partition coefficient (Wildman–Crippen LogP) is 3.67. The van der Waals surface area contributed by atoms with Crippen LogP contribution in [0.1, 0.15) is 46.6 Å². The van der Waals surface area contributed by atoms with Crippen LogP contribution in [0.15, 0.2) is 18.5 Å². The molecule has 0 radical (unpaired) electrons. The molecule has 1 rings (SSSR count). The third kappa shape index (κ3) is 4.55. The molecule has 1 N–H and O–H groups in total. The SMILES string of the molecule is CCCn1ccc(CNCC(C)(C)C(C)C)c1. The lowest BCUT2D eigenvalue weighted by Crippen LogP contribution is -2.33. The molecule has 0 amide bonds. The summed E-state index contributed by atoms with van der Waals surface area (Å²) in [6, 6.07) is 2.21. The number of hydrogen-bond acceptors (Lipinski definition) is 1. The van der Waals surface area contributed by atoms with E-state index in [0.29, 0.717) is 11.3 Å². The Morgan fingerprint density at radius 2 is 2.06 bits per heavy atom. The molecule has 0 aromatic carbocycles. The molecule has 0 aliphatic rings. The van der Waals surface area contributed by atoms with E-state index in [2.05, 4.69) is 63.0 Å². The number of aryl methyl sites for hydroxylation is 1. The van der Waals surface area contributed by atoms with E-state index in [4.69, 9.17) is 0 Å². The third-order valence-corrected chi connectivity index (χ3v) is 3.77. The van der Waals surface area contributed by atoms with E-state index in [9.17, 15) is 0 Å². The molecule has 0 atom stereocenters. The number of hydrogen-bond donors (Lipinski definition) is 1. The summed E-state index contributed by atoms with van der Waals surface area (Å²) in [4.78, 5) is 0. The highest BCUT2D eigenvalue weighted by Gasteiger charge is 2.21. The Labute approximate surface area is 106 Å². The molecule has 0 saturated carbocycles. The molecule has 0 aliphatic heterocycles. The lowest BCUT2D eigenvalue weighted by molar-refractivity contribution is 0.238. The maximum absolute atomic E-state index is 3.57. The Morgan fingerprint density at radius 3 is 2.65 bits per heavy atom. The zero-order chi connectivity index (χ0) is 12.9. The van der Waals surface area contributed by atoms with E-state index in [0.717, 1.165) is 19.6 Å². The molecule has 0 fully saturated rings. The Kier molecular flexibility index (Phi) is 5.26. The fourth-order valence-electron chi connectivity index (χ4n) is 1.73. The lowest BCUT2D eigenvalue weighted by atomic mass is 9.81. The second-order valence-corrected chi connectivity index (χ2v) is 6.00. The summed E-state index contributed by atoms with van der Waals surface area (Å²) in [5.74, 6) is 0.708. The highest BCUT2D eigenvalue weighted by atomic mass is 14.9. The zero-order valence-electron chi connectivity index (χ0n) is 12.1. The van der Waals surface area contributed by atoms with Crippen molar-refractivity contribution < 1.29 is 0 Å². The summed E-state index contributed by atoms with van der Waals surface area (Å²) >= 11 is 0. The summed E-state index contributed by atoms with van der Waals surface area (Å²) in [6.45, 7) is 14.6. The molecule has 2 heteroatoms. The smallest absolute Gasteiger partial charge is 0.0220 e. The minimum Gasteiger partial charge on any atom is -0.354 e. The van der Waals surface area contributed by atoms with Crippen LogP contribution in [0.2, 0.25) is 0 Å². The molecule has 0 spiro atoms. The van der Waals surface area contributed by atoms with Crippen LogP contribution in [0.5, 0.6) is 0 Å². The van der Waals surface area contributed by atoms with Gasteiger partial charge in [-0.3, -0.25) is 0 Å². The Morgan fingerprint density at radius 1 is 1.35 bits per heavy atom. The fourth-order valence-corrected chi connectivity index (χ4v) is 1.73. The predicted molar refractivity (Wildman–Crippen MR) is 75.0 cm³/mol. The van der Waals surface area contributed by atoms with E-state index in [1.54, 1.807) is 0 Å². The molecule has 0 aliphatic carbocycles. The van der Waals surface area contributed by atoms with E-state index < -0.39 is 0 Å². The van der Waals surface area contributed by atoms with Crippen molar-refractivity contribution in [2.75, 3.05) is 6.54 Å². The van der Waals surface area contributed by atoms with Gasteiger partial charge in [0.05, 0.1) is 0 Å². The van der Waals surface area contributed by atoms with Crippen molar-refractivity contribution in [1.29, 1.82) is 0 Å². The first-order chi connectivity index (χ1) is 7.95. The Hall–Kier alpha value is -0.760. The van der Waals surface area contributed by atoms with E-state index in [1.165, 1.54) is 12.0 Å². The first kappa shape index (κ1) is 14.3. The average Bonchev–Trinajstić information content (AvgIpc) is 2.66. The van der Waals surface area contributed by atoms with E-state index >= 15 is 0 Å². The molecule has 0 unspecified atom stereocenters. The van der Waals surface area contributed by atoms with Gasteiger partial charge in [-0.05, 0) is 29.4 Å². The molecular weight excluding hydrogens is 208 g/mol. The number of nitrogens with one attached hydrogen (secondary N) is 1. The second-order valence-electron chi connectivity index (χ2n) is 6.00. The van der Waals surface area contributed by atoms with Gasteiger partial charge in [-0.2, -0.15) is 0 Å². The van der Waals surface area contributed by atoms with Crippen molar-refractivity contribution in [2.45, 2.75) is 54.1 Å². The van der Waals surface area contributed by atoms with E-state index in [-0.39, 0.29) is 0 Å². The van der Waals surface area contributed by atoms with Gasteiger partial charge in [0, 0.05) is 32.0 Å². The van der Waals surface area contributed by atoms with Crippen molar-refractivity contribution in [3.8, 4) is 0 Å². The van der Waals surface area contributed by atoms with Crippen molar-refractivity contribution in [1.82, 2.24) is 9.88 Å². The molecule has 2 nitrogen and oxygen atoms in total. The van der Waals surface area contributed by atoms with Gasteiger partial charge in [0.1, 0.15) is 0 Å². The quantitative estimate of drug-likeness (QED) is 0.764. The zero-order valence-corrected chi connectivity index (χ0v) is 12.1. The highest BCUT2D eigenvalue weighted by Crippen LogP contribution is 2.24. The van der Waals surface area contributed by atoms with Crippen molar-refractivity contribution in [3.63, 3.8) is 0 Å². The molecule has 0 saturated heterocycles. The molecular formula is C15H28N2. The van der Waals surface area contributed by atoms with Gasteiger partial charge >= 0.3 is 0 Å². The molecule has 98 valence electrons. The summed E-state index contributed by atoms with van der Waals surface area (Å²) in [7, 11) is 0. The summed E-state index contributed by atoms with van der Waals surface area (Å²) in [6.07, 6.45) is 5.62. The Bertz CT molecular complexity index is 323. The number of rotatable bonds is 7. The van der Waals surface area contributed by atoms with Gasteiger partial charge in [-0.15, -0.1) is 0 Å². The van der Waals surface area contributed by atoms with Crippen LogP contribution < -0.4 is 5.32 Å². The summed E-state index contributed by atoms with van der Waals surface area (Å²) in [5.41, 5.74) is 1.75. The largest absolute Gasteiger partial charge is 0.354 e. The van der Waals surface area contributed by atoms with Gasteiger partial charge in [0.25, 0.3) is 0 Å². The third-order valence-electron chi connectivity index (χ3n) is 3.77. The summed E-state index contributed by atoms with van der Waals surface area (Å²) < 4.78 is 2.27. The molecule has 17 heavy (non-hydrogen) atoms. The number of aromatic nitrogens is 1. The van der Waals surface area contributed by atoms with Crippen LogP contribution >= 0.6 is 0 Å².